The van der Waals surface area contributed by atoms with Crippen LogP contribution in [0.15, 0.2) is 6.20 Å². The van der Waals surface area contributed by atoms with Crippen molar-refractivity contribution < 1.29 is 4.74 Å². The van der Waals surface area contributed by atoms with Gasteiger partial charge in [0.2, 0.25) is 0 Å². The third kappa shape index (κ3) is 2.54. The molecule has 1 atom stereocenters. The van der Waals surface area contributed by atoms with Crippen molar-refractivity contribution in [3.63, 3.8) is 0 Å². The normalized spacial score (nSPS) is 19.9. The second kappa shape index (κ2) is 5.46. The first-order valence-electron chi connectivity index (χ1n) is 6.46. The van der Waals surface area contributed by atoms with E-state index in [2.05, 4.69) is 24.1 Å². The highest BCUT2D eigenvalue weighted by Crippen LogP contribution is 2.46. The molecule has 1 aliphatic rings. The van der Waals surface area contributed by atoms with E-state index in [-0.39, 0.29) is 5.60 Å². The quantitative estimate of drug-likeness (QED) is 0.846. The van der Waals surface area contributed by atoms with E-state index in [4.69, 9.17) is 4.74 Å². The number of hydrogen-bond donors (Lipinski definition) is 1. The molecule has 0 spiro atoms. The molecule has 1 unspecified atom stereocenters. The van der Waals surface area contributed by atoms with Gasteiger partial charge in [0.05, 0.1) is 0 Å². The molecule has 0 amide bonds. The monoisotopic (exact) mass is 254 g/mol. The van der Waals surface area contributed by atoms with Crippen molar-refractivity contribution in [3.8, 4) is 0 Å². The highest BCUT2D eigenvalue weighted by molar-refractivity contribution is 7.11. The van der Waals surface area contributed by atoms with Crippen LogP contribution >= 0.6 is 11.3 Å². The van der Waals surface area contributed by atoms with Gasteiger partial charge in [-0.15, -0.1) is 11.3 Å². The number of methoxy groups -OCH3 is 1. The summed E-state index contributed by atoms with van der Waals surface area (Å²) < 4.78 is 5.66. The Bertz CT molecular complexity index is 355. The third-order valence-electron chi connectivity index (χ3n) is 3.59. The Labute approximate surface area is 108 Å². The van der Waals surface area contributed by atoms with Crippen LogP contribution in [0.2, 0.25) is 0 Å². The van der Waals surface area contributed by atoms with Gasteiger partial charge in [-0.1, -0.05) is 6.92 Å². The Morgan fingerprint density at radius 3 is 2.88 bits per heavy atom. The average molecular weight is 254 g/mol. The fourth-order valence-corrected chi connectivity index (χ4v) is 3.33. The van der Waals surface area contributed by atoms with Gasteiger partial charge in [-0.25, -0.2) is 4.98 Å². The van der Waals surface area contributed by atoms with E-state index in [0.29, 0.717) is 6.04 Å². The molecular formula is C13H22N2OS. The number of ether oxygens (including phenoxy) is 1. The van der Waals surface area contributed by atoms with Gasteiger partial charge in [-0.2, -0.15) is 0 Å². The van der Waals surface area contributed by atoms with Crippen molar-refractivity contribution in [3.05, 3.63) is 16.1 Å². The maximum Gasteiger partial charge on any atom is 0.125 e. The summed E-state index contributed by atoms with van der Waals surface area (Å²) in [6, 6.07) is 0.398. The Morgan fingerprint density at radius 1 is 1.59 bits per heavy atom. The molecule has 0 aromatic carbocycles. The summed E-state index contributed by atoms with van der Waals surface area (Å²) in [5.74, 6) is 0. The van der Waals surface area contributed by atoms with Gasteiger partial charge in [-0.3, -0.25) is 0 Å². The molecule has 96 valence electrons. The molecule has 1 N–H and O–H groups in total. The maximum atomic E-state index is 5.66. The molecule has 1 aromatic rings. The van der Waals surface area contributed by atoms with E-state index in [0.717, 1.165) is 30.8 Å². The zero-order valence-electron chi connectivity index (χ0n) is 11.0. The Morgan fingerprint density at radius 2 is 2.35 bits per heavy atom. The van der Waals surface area contributed by atoms with Crippen LogP contribution in [-0.4, -0.2) is 18.6 Å². The zero-order valence-corrected chi connectivity index (χ0v) is 11.8. The number of aromatic nitrogens is 1. The smallest absolute Gasteiger partial charge is 0.125 e. The molecule has 1 aromatic heterocycles. The minimum atomic E-state index is -0.0621. The van der Waals surface area contributed by atoms with Crippen LogP contribution in [0.4, 0.5) is 0 Å². The van der Waals surface area contributed by atoms with Gasteiger partial charge >= 0.3 is 0 Å². The lowest BCUT2D eigenvalue weighted by molar-refractivity contribution is -0.0779. The van der Waals surface area contributed by atoms with Gasteiger partial charge in [0.15, 0.2) is 0 Å². The topological polar surface area (TPSA) is 34.2 Å². The number of thiazole rings is 1. The lowest BCUT2D eigenvalue weighted by Crippen LogP contribution is -2.35. The molecule has 0 radical (unpaired) electrons. The van der Waals surface area contributed by atoms with Crippen LogP contribution < -0.4 is 5.32 Å². The van der Waals surface area contributed by atoms with Crippen molar-refractivity contribution in [2.24, 2.45) is 0 Å². The van der Waals surface area contributed by atoms with Crippen LogP contribution in [0, 0.1) is 0 Å². The Hall–Kier alpha value is -0.450. The summed E-state index contributed by atoms with van der Waals surface area (Å²) in [7, 11) is 1.80. The molecule has 17 heavy (non-hydrogen) atoms. The Balaban J connectivity index is 2.05. The van der Waals surface area contributed by atoms with Crippen molar-refractivity contribution in [1.29, 1.82) is 0 Å². The van der Waals surface area contributed by atoms with E-state index < -0.39 is 0 Å². The number of nitrogens with zero attached hydrogens (tertiary/aromatic N) is 1. The van der Waals surface area contributed by atoms with Gasteiger partial charge < -0.3 is 10.1 Å². The SMILES string of the molecule is CCCNC(C)c1cnc(C2(OC)CCC2)s1. The van der Waals surface area contributed by atoms with Crippen molar-refractivity contribution in [2.75, 3.05) is 13.7 Å². The zero-order chi connectivity index (χ0) is 12.3. The molecule has 0 aliphatic heterocycles. The minimum absolute atomic E-state index is 0.0621. The van der Waals surface area contributed by atoms with Gasteiger partial charge in [0.1, 0.15) is 10.6 Å². The van der Waals surface area contributed by atoms with E-state index in [1.54, 1.807) is 18.4 Å². The molecule has 4 heteroatoms. The van der Waals surface area contributed by atoms with E-state index in [9.17, 15) is 0 Å². The van der Waals surface area contributed by atoms with Crippen LogP contribution in [0.5, 0.6) is 0 Å². The summed E-state index contributed by atoms with van der Waals surface area (Å²) in [4.78, 5) is 5.88. The number of hydrogen-bond acceptors (Lipinski definition) is 4. The molecule has 1 aliphatic carbocycles. The van der Waals surface area contributed by atoms with Crippen LogP contribution in [0.25, 0.3) is 0 Å². The maximum absolute atomic E-state index is 5.66. The first-order valence-corrected chi connectivity index (χ1v) is 7.28. The number of nitrogens with one attached hydrogen (secondary N) is 1. The van der Waals surface area contributed by atoms with Crippen LogP contribution in [-0.2, 0) is 10.3 Å². The largest absolute Gasteiger partial charge is 0.371 e. The Kier molecular flexibility index (Phi) is 4.17. The number of rotatable bonds is 6. The van der Waals surface area contributed by atoms with Gasteiger partial charge in [0, 0.05) is 24.2 Å². The molecular weight excluding hydrogens is 232 g/mol. The summed E-state index contributed by atoms with van der Waals surface area (Å²) in [6.07, 6.45) is 6.66. The summed E-state index contributed by atoms with van der Waals surface area (Å²) in [5.41, 5.74) is -0.0621. The minimum Gasteiger partial charge on any atom is -0.371 e. The van der Waals surface area contributed by atoms with Crippen molar-refractivity contribution in [2.45, 2.75) is 51.2 Å². The lowest BCUT2D eigenvalue weighted by atomic mass is 9.80. The van der Waals surface area contributed by atoms with Crippen molar-refractivity contribution in [1.82, 2.24) is 10.3 Å². The highest BCUT2D eigenvalue weighted by Gasteiger charge is 2.41. The summed E-state index contributed by atoms with van der Waals surface area (Å²) >= 11 is 1.80. The summed E-state index contributed by atoms with van der Waals surface area (Å²) in [5, 5.41) is 4.66. The third-order valence-corrected chi connectivity index (χ3v) is 4.96. The average Bonchev–Trinajstić information content (AvgIpc) is 2.75. The fraction of sp³-hybridized carbons (Fsp3) is 0.769. The molecule has 1 fully saturated rings. The van der Waals surface area contributed by atoms with Crippen LogP contribution in [0.3, 0.4) is 0 Å². The van der Waals surface area contributed by atoms with Gasteiger partial charge in [0.25, 0.3) is 0 Å². The van der Waals surface area contributed by atoms with Crippen molar-refractivity contribution >= 4 is 11.3 Å². The molecule has 0 bridgehead atoms. The molecule has 1 heterocycles. The molecule has 1 saturated carbocycles. The highest BCUT2D eigenvalue weighted by atomic mass is 32.1. The van der Waals surface area contributed by atoms with E-state index >= 15 is 0 Å². The fourth-order valence-electron chi connectivity index (χ4n) is 2.16. The standard InChI is InChI=1S/C13H22N2OS/c1-4-8-14-10(2)11-9-15-12(17-11)13(16-3)6-5-7-13/h9-10,14H,4-8H2,1-3H3. The van der Waals surface area contributed by atoms with Gasteiger partial charge in [-0.05, 0) is 39.2 Å². The molecule has 0 saturated heterocycles. The summed E-state index contributed by atoms with van der Waals surface area (Å²) in [6.45, 7) is 5.45. The second-order valence-electron chi connectivity index (χ2n) is 4.80. The second-order valence-corrected chi connectivity index (χ2v) is 5.86. The lowest BCUT2D eigenvalue weighted by Gasteiger charge is -2.38. The first-order chi connectivity index (χ1) is 8.22. The predicted octanol–water partition coefficient (Wildman–Crippen LogP) is 3.23. The molecule has 2 rings (SSSR count). The first kappa shape index (κ1) is 13.0. The van der Waals surface area contributed by atoms with Crippen LogP contribution in [0.1, 0.15) is 55.5 Å². The van der Waals surface area contributed by atoms with E-state index in [1.165, 1.54) is 11.3 Å². The molecule has 3 nitrogen and oxygen atoms in total. The van der Waals surface area contributed by atoms with E-state index in [1.807, 2.05) is 6.20 Å². The predicted molar refractivity (Wildman–Crippen MR) is 71.4 cm³/mol.